The molecular formula is C18H30N2O5. The van der Waals surface area contributed by atoms with Gasteiger partial charge in [-0.2, -0.15) is 0 Å². The second kappa shape index (κ2) is 12.3. The van der Waals surface area contributed by atoms with Crippen molar-refractivity contribution in [1.82, 2.24) is 10.2 Å². The maximum absolute atomic E-state index is 11.9. The van der Waals surface area contributed by atoms with E-state index in [0.29, 0.717) is 38.8 Å². The van der Waals surface area contributed by atoms with Crippen LogP contribution in [0.5, 0.6) is 0 Å². The van der Waals surface area contributed by atoms with Gasteiger partial charge in [0, 0.05) is 25.9 Å². The zero-order valence-corrected chi connectivity index (χ0v) is 15.0. The third kappa shape index (κ3) is 9.12. The van der Waals surface area contributed by atoms with E-state index < -0.39 is 12.1 Å². The van der Waals surface area contributed by atoms with E-state index in [9.17, 15) is 14.4 Å². The van der Waals surface area contributed by atoms with Gasteiger partial charge in [-0.05, 0) is 25.7 Å². The first-order chi connectivity index (χ1) is 12.0. The maximum atomic E-state index is 11.9. The van der Waals surface area contributed by atoms with Crippen molar-refractivity contribution in [2.45, 2.75) is 64.3 Å². The lowest BCUT2D eigenvalue weighted by Crippen LogP contribution is -2.38. The summed E-state index contributed by atoms with van der Waals surface area (Å²) in [5.41, 5.74) is 0. The van der Waals surface area contributed by atoms with E-state index in [-0.39, 0.29) is 25.0 Å². The van der Waals surface area contributed by atoms with Gasteiger partial charge in [-0.3, -0.25) is 9.59 Å². The minimum Gasteiger partial charge on any atom is -0.481 e. The quantitative estimate of drug-likeness (QED) is 0.415. The number of unbranched alkanes of at least 4 members (excludes halogenated alkanes) is 3. The summed E-state index contributed by atoms with van der Waals surface area (Å²) in [6.45, 7) is 3.39. The molecule has 1 aliphatic heterocycles. The van der Waals surface area contributed by atoms with Crippen LogP contribution in [0.25, 0.3) is 0 Å². The molecule has 1 rings (SSSR count). The van der Waals surface area contributed by atoms with E-state index in [1.807, 2.05) is 12.2 Å². The van der Waals surface area contributed by atoms with E-state index >= 15 is 0 Å². The van der Waals surface area contributed by atoms with E-state index in [0.717, 1.165) is 19.3 Å². The van der Waals surface area contributed by atoms with Crippen molar-refractivity contribution in [3.8, 4) is 0 Å². The summed E-state index contributed by atoms with van der Waals surface area (Å²) in [5.74, 6) is -0.736. The second-order valence-corrected chi connectivity index (χ2v) is 6.23. The molecule has 0 unspecified atom stereocenters. The predicted octanol–water partition coefficient (Wildman–Crippen LogP) is 2.70. The number of allylic oxidation sites excluding steroid dienone is 1. The molecule has 7 nitrogen and oxygen atoms in total. The van der Waals surface area contributed by atoms with Gasteiger partial charge in [0.2, 0.25) is 5.91 Å². The van der Waals surface area contributed by atoms with Crippen LogP contribution in [0.3, 0.4) is 0 Å². The van der Waals surface area contributed by atoms with E-state index in [4.69, 9.17) is 9.84 Å². The number of hydrogen-bond acceptors (Lipinski definition) is 4. The zero-order chi connectivity index (χ0) is 18.5. The molecule has 0 aliphatic carbocycles. The molecule has 1 heterocycles. The number of likely N-dealkylation sites (tertiary alicyclic amines) is 1. The van der Waals surface area contributed by atoms with Gasteiger partial charge in [0.15, 0.2) is 0 Å². The number of rotatable bonds is 12. The Kier molecular flexibility index (Phi) is 10.4. The Morgan fingerprint density at radius 2 is 2.12 bits per heavy atom. The van der Waals surface area contributed by atoms with Gasteiger partial charge < -0.3 is 20.1 Å². The fourth-order valence-corrected chi connectivity index (χ4v) is 2.68. The number of ether oxygens (including phenoxy) is 1. The first-order valence-electron chi connectivity index (χ1n) is 9.11. The molecule has 1 atom stereocenters. The Morgan fingerprint density at radius 3 is 2.84 bits per heavy atom. The summed E-state index contributed by atoms with van der Waals surface area (Å²) in [4.78, 5) is 35.7. The van der Waals surface area contributed by atoms with Crippen LogP contribution < -0.4 is 5.32 Å². The van der Waals surface area contributed by atoms with E-state index in [1.165, 1.54) is 0 Å². The Labute approximate surface area is 149 Å². The van der Waals surface area contributed by atoms with Crippen LogP contribution in [-0.2, 0) is 14.3 Å². The molecular weight excluding hydrogens is 324 g/mol. The summed E-state index contributed by atoms with van der Waals surface area (Å²) in [7, 11) is 0. The van der Waals surface area contributed by atoms with E-state index in [1.54, 1.807) is 4.90 Å². The van der Waals surface area contributed by atoms with Crippen LogP contribution in [0.4, 0.5) is 4.79 Å². The summed E-state index contributed by atoms with van der Waals surface area (Å²) in [5, 5.41) is 11.3. The third-order valence-corrected chi connectivity index (χ3v) is 4.14. The highest BCUT2D eigenvalue weighted by atomic mass is 16.5. The van der Waals surface area contributed by atoms with Crippen molar-refractivity contribution in [2.75, 3.05) is 19.7 Å². The Hall–Kier alpha value is -2.05. The molecule has 0 spiro atoms. The summed E-state index contributed by atoms with van der Waals surface area (Å²) in [6.07, 6.45) is 9.02. The van der Waals surface area contributed by atoms with Crippen LogP contribution >= 0.6 is 0 Å². The molecule has 142 valence electrons. The van der Waals surface area contributed by atoms with Crippen LogP contribution in [0.15, 0.2) is 12.2 Å². The molecule has 1 fully saturated rings. The molecule has 2 N–H and O–H groups in total. The third-order valence-electron chi connectivity index (χ3n) is 4.14. The van der Waals surface area contributed by atoms with Gasteiger partial charge in [-0.15, -0.1) is 0 Å². The van der Waals surface area contributed by atoms with Crippen molar-refractivity contribution in [2.24, 2.45) is 0 Å². The molecule has 25 heavy (non-hydrogen) atoms. The number of alkyl carbamates (subject to hydrolysis) is 1. The number of carbonyl (C=O) groups is 3. The average Bonchev–Trinajstić information content (AvgIpc) is 2.93. The number of aliphatic carboxylic acids is 1. The topological polar surface area (TPSA) is 95.9 Å². The maximum Gasteiger partial charge on any atom is 0.407 e. The highest BCUT2D eigenvalue weighted by Crippen LogP contribution is 2.19. The lowest BCUT2D eigenvalue weighted by molar-refractivity contribution is -0.137. The number of hydrogen-bond donors (Lipinski definition) is 2. The van der Waals surface area contributed by atoms with Gasteiger partial charge in [0.25, 0.3) is 0 Å². The van der Waals surface area contributed by atoms with Crippen molar-refractivity contribution < 1.29 is 24.2 Å². The minimum absolute atomic E-state index is 0.0622. The molecule has 0 aromatic heterocycles. The molecule has 0 bridgehead atoms. The molecule has 1 saturated heterocycles. The standard InChI is InChI=1S/C18H30N2O5/c1-2-3-7-12-19-18(24)25-14-15-10-11-16(21)20(15)13-8-5-4-6-9-17(22)23/h5,8,15H,2-4,6-7,9-14H2,1H3,(H,19,24)(H,22,23)/b8-5-/t15-/m1/s1. The number of carboxylic acids is 1. The van der Waals surface area contributed by atoms with Gasteiger partial charge in [0.1, 0.15) is 6.61 Å². The van der Waals surface area contributed by atoms with Gasteiger partial charge in [0.05, 0.1) is 6.04 Å². The summed E-state index contributed by atoms with van der Waals surface area (Å²) in [6, 6.07) is -0.0856. The van der Waals surface area contributed by atoms with Crippen molar-refractivity contribution in [3.63, 3.8) is 0 Å². The number of carboxylic acid groups (broad SMARTS) is 1. The molecule has 2 amide bonds. The molecule has 0 saturated carbocycles. The highest BCUT2D eigenvalue weighted by molar-refractivity contribution is 5.79. The number of amides is 2. The average molecular weight is 354 g/mol. The molecule has 0 radical (unpaired) electrons. The van der Waals surface area contributed by atoms with Crippen molar-refractivity contribution in [3.05, 3.63) is 12.2 Å². The fourth-order valence-electron chi connectivity index (χ4n) is 2.68. The van der Waals surface area contributed by atoms with Crippen LogP contribution in [0, 0.1) is 0 Å². The van der Waals surface area contributed by atoms with Crippen molar-refractivity contribution >= 4 is 18.0 Å². The van der Waals surface area contributed by atoms with Gasteiger partial charge >= 0.3 is 12.1 Å². The van der Waals surface area contributed by atoms with Gasteiger partial charge in [-0.1, -0.05) is 31.9 Å². The smallest absolute Gasteiger partial charge is 0.407 e. The number of nitrogens with one attached hydrogen (secondary N) is 1. The number of carbonyl (C=O) groups excluding carboxylic acids is 2. The Balaban J connectivity index is 2.26. The Bertz CT molecular complexity index is 464. The molecule has 0 aromatic carbocycles. The van der Waals surface area contributed by atoms with Crippen molar-refractivity contribution in [1.29, 1.82) is 0 Å². The molecule has 1 aliphatic rings. The predicted molar refractivity (Wildman–Crippen MR) is 94.2 cm³/mol. The second-order valence-electron chi connectivity index (χ2n) is 6.23. The zero-order valence-electron chi connectivity index (χ0n) is 15.0. The van der Waals surface area contributed by atoms with E-state index in [2.05, 4.69) is 12.2 Å². The lowest BCUT2D eigenvalue weighted by Gasteiger charge is -2.23. The van der Waals surface area contributed by atoms with Crippen LogP contribution in [0.2, 0.25) is 0 Å². The highest BCUT2D eigenvalue weighted by Gasteiger charge is 2.30. The monoisotopic (exact) mass is 354 g/mol. The number of nitrogens with zero attached hydrogens (tertiary/aromatic N) is 1. The molecule has 7 heteroatoms. The molecule has 0 aromatic rings. The summed E-state index contributed by atoms with van der Waals surface area (Å²) < 4.78 is 5.22. The largest absolute Gasteiger partial charge is 0.481 e. The lowest BCUT2D eigenvalue weighted by atomic mass is 10.2. The Morgan fingerprint density at radius 1 is 1.32 bits per heavy atom. The fraction of sp³-hybridized carbons (Fsp3) is 0.722. The SMILES string of the molecule is CCCCCNC(=O)OC[C@H]1CCC(=O)N1C/C=C\CCCC(=O)O. The summed E-state index contributed by atoms with van der Waals surface area (Å²) >= 11 is 0. The van der Waals surface area contributed by atoms with Gasteiger partial charge in [-0.25, -0.2) is 4.79 Å². The first kappa shape index (κ1) is 21.0. The van der Waals surface area contributed by atoms with Crippen LogP contribution in [0.1, 0.15) is 58.3 Å². The first-order valence-corrected chi connectivity index (χ1v) is 9.11. The van der Waals surface area contributed by atoms with Crippen LogP contribution in [-0.4, -0.2) is 53.7 Å². The minimum atomic E-state index is -0.798. The normalized spacial score (nSPS) is 17.2.